The zero-order chi connectivity index (χ0) is 18.9. The summed E-state index contributed by atoms with van der Waals surface area (Å²) in [5.74, 6) is -1.77. The third-order valence-corrected chi connectivity index (χ3v) is 3.66. The van der Waals surface area contributed by atoms with Gasteiger partial charge in [-0.25, -0.2) is 0 Å². The molecule has 0 saturated heterocycles. The average Bonchev–Trinajstić information content (AvgIpc) is 3.46. The number of nitrogens with one attached hydrogen (secondary N) is 3. The first-order chi connectivity index (χ1) is 12.5. The number of hydrogen-bond acceptors (Lipinski definition) is 5. The molecule has 0 atom stereocenters. The van der Waals surface area contributed by atoms with E-state index in [1.165, 1.54) is 0 Å². The maximum Gasteiger partial charge on any atom is 0.327 e. The molecule has 3 N–H and O–H groups in total. The molecular formula is C18H23N3O5. The molecule has 0 aromatic heterocycles. The van der Waals surface area contributed by atoms with E-state index in [4.69, 9.17) is 4.74 Å². The lowest BCUT2D eigenvalue weighted by molar-refractivity contribution is -0.141. The topological polar surface area (TPSA) is 114 Å². The Bertz CT molecular complexity index is 668. The Morgan fingerprint density at radius 2 is 1.69 bits per heavy atom. The number of benzene rings is 1. The summed E-state index contributed by atoms with van der Waals surface area (Å²) in [5, 5.41) is 2.50. The number of carbonyl (C=O) groups excluding carboxylic acids is 4. The highest BCUT2D eigenvalue weighted by Gasteiger charge is 2.26. The summed E-state index contributed by atoms with van der Waals surface area (Å²) in [6.07, 6.45) is 2.51. The summed E-state index contributed by atoms with van der Waals surface area (Å²) in [5.41, 5.74) is 4.63. The molecule has 2 rings (SSSR count). The summed E-state index contributed by atoms with van der Waals surface area (Å²) in [6.45, 7) is 2.61. The molecule has 8 heteroatoms. The van der Waals surface area contributed by atoms with Crippen molar-refractivity contribution < 1.29 is 23.9 Å². The van der Waals surface area contributed by atoms with Crippen molar-refractivity contribution in [1.29, 1.82) is 0 Å². The van der Waals surface area contributed by atoms with Crippen LogP contribution in [0, 0.1) is 0 Å². The molecule has 1 aliphatic carbocycles. The number of Topliss-reactive ketones (excluding diaryl/α,β-unsaturated/α-hetero) is 1. The maximum atomic E-state index is 12.1. The molecule has 0 aliphatic heterocycles. The van der Waals surface area contributed by atoms with Gasteiger partial charge in [-0.05, 0) is 43.5 Å². The van der Waals surface area contributed by atoms with Gasteiger partial charge in [0.25, 0.3) is 0 Å². The molecule has 1 aliphatic rings. The van der Waals surface area contributed by atoms with Gasteiger partial charge in [0.2, 0.25) is 5.91 Å². The van der Waals surface area contributed by atoms with E-state index in [0.29, 0.717) is 17.9 Å². The zero-order valence-corrected chi connectivity index (χ0v) is 14.7. The predicted molar refractivity (Wildman–Crippen MR) is 93.2 cm³/mol. The molecule has 1 aromatic rings. The molecule has 8 nitrogen and oxygen atoms in total. The van der Waals surface area contributed by atoms with Crippen LogP contribution in [0.1, 0.15) is 49.4 Å². The molecule has 140 valence electrons. The normalized spacial score (nSPS) is 12.8. The zero-order valence-electron chi connectivity index (χ0n) is 14.7. The molecule has 0 spiro atoms. The smallest absolute Gasteiger partial charge is 0.327 e. The van der Waals surface area contributed by atoms with Gasteiger partial charge in [-0.15, -0.1) is 0 Å². The lowest BCUT2D eigenvalue weighted by Crippen LogP contribution is -2.49. The number of carbonyl (C=O) groups is 4. The minimum atomic E-state index is -0.931. The van der Waals surface area contributed by atoms with Gasteiger partial charge in [-0.2, -0.15) is 0 Å². The molecule has 0 bridgehead atoms. The van der Waals surface area contributed by atoms with Crippen LogP contribution in [-0.4, -0.2) is 36.2 Å². The van der Waals surface area contributed by atoms with Crippen LogP contribution in [0.15, 0.2) is 24.3 Å². The van der Waals surface area contributed by atoms with E-state index in [-0.39, 0.29) is 24.7 Å². The predicted octanol–water partition coefficient (Wildman–Crippen LogP) is 0.864. The second kappa shape index (κ2) is 9.55. The van der Waals surface area contributed by atoms with Gasteiger partial charge in [-0.3, -0.25) is 30.0 Å². The average molecular weight is 361 g/mol. The van der Waals surface area contributed by atoms with Crippen LogP contribution >= 0.6 is 0 Å². The fourth-order valence-corrected chi connectivity index (χ4v) is 2.05. The van der Waals surface area contributed by atoms with Crippen LogP contribution in [0.3, 0.4) is 0 Å². The third kappa shape index (κ3) is 6.54. The summed E-state index contributed by atoms with van der Waals surface area (Å²) >= 11 is 0. The molecule has 1 saturated carbocycles. The fraction of sp³-hybridized carbons (Fsp3) is 0.444. The van der Waals surface area contributed by atoms with Crippen molar-refractivity contribution in [3.05, 3.63) is 29.8 Å². The largest absolute Gasteiger partial charge is 0.494 e. The Kier molecular flexibility index (Phi) is 7.13. The van der Waals surface area contributed by atoms with E-state index in [1.54, 1.807) is 24.3 Å². The first-order valence-corrected chi connectivity index (χ1v) is 8.65. The second-order valence-electron chi connectivity index (χ2n) is 6.05. The first kappa shape index (κ1) is 19.4. The maximum absolute atomic E-state index is 12.1. The molecule has 1 fully saturated rings. The van der Waals surface area contributed by atoms with Gasteiger partial charge < -0.3 is 10.1 Å². The molecule has 26 heavy (non-hydrogen) atoms. The van der Waals surface area contributed by atoms with E-state index < -0.39 is 17.7 Å². The molecule has 0 heterocycles. The van der Waals surface area contributed by atoms with Crippen molar-refractivity contribution in [1.82, 2.24) is 16.2 Å². The summed E-state index contributed by atoms with van der Waals surface area (Å²) in [7, 11) is 0. The van der Waals surface area contributed by atoms with Crippen LogP contribution in [0.5, 0.6) is 5.75 Å². The third-order valence-electron chi connectivity index (χ3n) is 3.66. The minimum Gasteiger partial charge on any atom is -0.494 e. The lowest BCUT2D eigenvalue weighted by Gasteiger charge is -2.08. The highest BCUT2D eigenvalue weighted by Crippen LogP contribution is 2.18. The highest BCUT2D eigenvalue weighted by atomic mass is 16.5. The van der Waals surface area contributed by atoms with Crippen molar-refractivity contribution in [3.8, 4) is 5.75 Å². The van der Waals surface area contributed by atoms with Crippen molar-refractivity contribution in [2.24, 2.45) is 0 Å². The molecule has 0 unspecified atom stereocenters. The van der Waals surface area contributed by atoms with Gasteiger partial charge in [0.1, 0.15) is 5.75 Å². The number of hydrogen-bond donors (Lipinski definition) is 3. The Hall–Kier alpha value is -2.90. The number of ether oxygens (including phenoxy) is 1. The molecule has 0 radical (unpaired) electrons. The molecular weight excluding hydrogens is 338 g/mol. The fourth-order valence-electron chi connectivity index (χ4n) is 2.05. The molecule has 1 aromatic carbocycles. The number of rotatable bonds is 8. The minimum absolute atomic E-state index is 0.00879. The van der Waals surface area contributed by atoms with Gasteiger partial charge >= 0.3 is 11.8 Å². The van der Waals surface area contributed by atoms with Crippen molar-refractivity contribution >= 4 is 23.5 Å². The van der Waals surface area contributed by atoms with Gasteiger partial charge in [-0.1, -0.05) is 6.92 Å². The van der Waals surface area contributed by atoms with Crippen molar-refractivity contribution in [3.63, 3.8) is 0 Å². The van der Waals surface area contributed by atoms with Crippen molar-refractivity contribution in [2.75, 3.05) is 6.61 Å². The van der Waals surface area contributed by atoms with E-state index >= 15 is 0 Å². The van der Waals surface area contributed by atoms with Crippen molar-refractivity contribution in [2.45, 2.75) is 45.1 Å². The summed E-state index contributed by atoms with van der Waals surface area (Å²) in [4.78, 5) is 46.6. The molecule has 3 amide bonds. The van der Waals surface area contributed by atoms with Gasteiger partial charge in [0.05, 0.1) is 6.61 Å². The Morgan fingerprint density at radius 3 is 2.31 bits per heavy atom. The van der Waals surface area contributed by atoms with E-state index in [0.717, 1.165) is 19.3 Å². The summed E-state index contributed by atoms with van der Waals surface area (Å²) < 4.78 is 5.44. The summed E-state index contributed by atoms with van der Waals surface area (Å²) in [6, 6.07) is 6.77. The van der Waals surface area contributed by atoms with Crippen LogP contribution in [0.4, 0.5) is 0 Å². The monoisotopic (exact) mass is 361 g/mol. The SMILES string of the molecule is CCCOc1ccc(C(=O)CCC(=O)NNC(=O)C(=O)NC2CC2)cc1. The lowest BCUT2D eigenvalue weighted by atomic mass is 10.1. The van der Waals surface area contributed by atoms with Gasteiger partial charge in [0, 0.05) is 24.4 Å². The number of ketones is 1. The number of hydrazine groups is 1. The van der Waals surface area contributed by atoms with Crippen LogP contribution in [-0.2, 0) is 14.4 Å². The Labute approximate surface area is 151 Å². The van der Waals surface area contributed by atoms with Crippen LogP contribution < -0.4 is 20.9 Å². The van der Waals surface area contributed by atoms with Crippen LogP contribution in [0.25, 0.3) is 0 Å². The standard InChI is InChI=1S/C18H23N3O5/c1-2-11-26-14-7-3-12(4-8-14)15(22)9-10-16(23)20-21-18(25)17(24)19-13-5-6-13/h3-4,7-8,13H,2,5-6,9-11H2,1H3,(H,19,24)(H,20,23)(H,21,25). The first-order valence-electron chi connectivity index (χ1n) is 8.65. The van der Waals surface area contributed by atoms with E-state index in [2.05, 4.69) is 10.7 Å². The van der Waals surface area contributed by atoms with Crippen LogP contribution in [0.2, 0.25) is 0 Å². The Morgan fingerprint density at radius 1 is 1.00 bits per heavy atom. The van der Waals surface area contributed by atoms with E-state index in [9.17, 15) is 19.2 Å². The quantitative estimate of drug-likeness (QED) is 0.361. The van der Waals surface area contributed by atoms with Gasteiger partial charge in [0.15, 0.2) is 5.78 Å². The van der Waals surface area contributed by atoms with E-state index in [1.807, 2.05) is 12.3 Å². The number of amides is 3. The second-order valence-corrected chi connectivity index (χ2v) is 6.05. The Balaban J connectivity index is 1.68. The highest BCUT2D eigenvalue weighted by molar-refractivity contribution is 6.35.